The Kier molecular flexibility index (Phi) is 13.4. The summed E-state index contributed by atoms with van der Waals surface area (Å²) in [4.78, 5) is 15.9. The van der Waals surface area contributed by atoms with Gasteiger partial charge in [-0.2, -0.15) is 0 Å². The molecule has 0 N–H and O–H groups in total. The average Bonchev–Trinajstić information content (AvgIpc) is 2.47. The molecule has 0 fully saturated rings. The molecule has 0 spiro atoms. The van der Waals surface area contributed by atoms with Crippen molar-refractivity contribution in [2.75, 3.05) is 14.1 Å². The highest BCUT2D eigenvalue weighted by Gasteiger charge is 2.31. The molecule has 0 saturated heterocycles. The Balaban J connectivity index is -0.000000397. The number of carbonyl (C=O) groups is 1. The summed E-state index contributed by atoms with van der Waals surface area (Å²) in [5.74, 6) is 0.190. The number of carbonyl (C=O) groups excluding carboxylic acids is 1. The molecule has 0 saturated carbocycles. The first-order valence-corrected chi connectivity index (χ1v) is 13.0. The Morgan fingerprint density at radius 3 is 0.812 bits per heavy atom. The zero-order valence-corrected chi connectivity index (χ0v) is 26.4. The summed E-state index contributed by atoms with van der Waals surface area (Å²) in [6.45, 7) is 37.4. The van der Waals surface area contributed by atoms with E-state index in [-0.39, 0.29) is 37.4 Å². The zero-order chi connectivity index (χ0) is 27.3. The third-order valence-electron chi connectivity index (χ3n) is 5.08. The molecule has 1 amide bonds. The minimum atomic E-state index is -0.755. The quantitative estimate of drug-likeness (QED) is 0.373. The molecular weight excluding hydrogens is 416 g/mol. The van der Waals surface area contributed by atoms with Gasteiger partial charge in [-0.3, -0.25) is 13.9 Å². The fourth-order valence-corrected chi connectivity index (χ4v) is 4.57. The van der Waals surface area contributed by atoms with Gasteiger partial charge in [0.2, 0.25) is 5.91 Å². The molecule has 0 rings (SSSR count). The van der Waals surface area contributed by atoms with Crippen LogP contribution >= 0.6 is 0 Å². The van der Waals surface area contributed by atoms with Crippen LogP contribution in [-0.4, -0.2) is 60.1 Å². The van der Waals surface area contributed by atoms with E-state index < -0.39 is 10.8 Å². The zero-order valence-electron chi connectivity index (χ0n) is 25.6. The standard InChI is InChI=1S/C10H21NO.C9H21N.C8H18OS/c1-9(2,3)8(12)11(7)10(4,5)6;1-8(2,3)10(7)9(4,5)6;1-7(2,3)10(9)8(4,5)6/h1-7H3;1-7H3;1-6H3. The Labute approximate surface area is 205 Å². The van der Waals surface area contributed by atoms with Gasteiger partial charge in [-0.15, -0.1) is 0 Å². The first-order chi connectivity index (χ1) is 13.4. The highest BCUT2D eigenvalue weighted by molar-refractivity contribution is 7.87. The topological polar surface area (TPSA) is 40.6 Å². The largest absolute Gasteiger partial charge is 0.340 e. The second-order valence-electron chi connectivity index (χ2n) is 14.7. The van der Waals surface area contributed by atoms with Gasteiger partial charge in [-0.05, 0) is 111 Å². The van der Waals surface area contributed by atoms with Crippen molar-refractivity contribution in [3.63, 3.8) is 0 Å². The lowest BCUT2D eigenvalue weighted by Crippen LogP contribution is -2.49. The first kappa shape index (κ1) is 36.2. The van der Waals surface area contributed by atoms with Crippen molar-refractivity contribution in [2.45, 2.75) is 151 Å². The van der Waals surface area contributed by atoms with E-state index in [9.17, 15) is 9.00 Å². The molecule has 0 aliphatic carbocycles. The lowest BCUT2D eigenvalue weighted by Gasteiger charge is -2.42. The van der Waals surface area contributed by atoms with E-state index in [0.717, 1.165) is 0 Å². The Morgan fingerprint density at radius 1 is 0.531 bits per heavy atom. The number of amides is 1. The third-order valence-corrected chi connectivity index (χ3v) is 7.30. The smallest absolute Gasteiger partial charge is 0.228 e. The van der Waals surface area contributed by atoms with Gasteiger partial charge in [0.05, 0.1) is 0 Å². The van der Waals surface area contributed by atoms with Crippen LogP contribution in [0.5, 0.6) is 0 Å². The molecule has 0 aromatic carbocycles. The summed E-state index contributed by atoms with van der Waals surface area (Å²) in [7, 11) is 3.27. The molecule has 0 aliphatic rings. The van der Waals surface area contributed by atoms with E-state index in [1.165, 1.54) is 0 Å². The highest BCUT2D eigenvalue weighted by Crippen LogP contribution is 2.24. The van der Waals surface area contributed by atoms with E-state index in [4.69, 9.17) is 0 Å². The predicted molar refractivity (Wildman–Crippen MR) is 147 cm³/mol. The van der Waals surface area contributed by atoms with Crippen molar-refractivity contribution in [3.8, 4) is 0 Å². The fraction of sp³-hybridized carbons (Fsp3) is 0.963. The molecule has 0 radical (unpaired) electrons. The molecule has 32 heavy (non-hydrogen) atoms. The minimum Gasteiger partial charge on any atom is -0.340 e. The molecule has 0 unspecified atom stereocenters. The molecule has 5 heteroatoms. The molecule has 196 valence electrons. The molecular formula is C27H60N2O2S. The maximum atomic E-state index is 11.7. The van der Waals surface area contributed by atoms with E-state index in [1.807, 2.05) is 90.1 Å². The number of nitrogens with zero attached hydrogens (tertiary/aromatic N) is 2. The Bertz CT molecular complexity index is 554. The van der Waals surface area contributed by atoms with Crippen molar-refractivity contribution in [1.29, 1.82) is 0 Å². The number of rotatable bonds is 0. The summed E-state index contributed by atoms with van der Waals surface area (Å²) in [5.41, 5.74) is 0.197. The molecule has 0 aliphatic heterocycles. The first-order valence-electron chi connectivity index (χ1n) is 11.8. The van der Waals surface area contributed by atoms with Gasteiger partial charge < -0.3 is 4.90 Å². The van der Waals surface area contributed by atoms with Crippen LogP contribution in [0.1, 0.15) is 125 Å². The van der Waals surface area contributed by atoms with Gasteiger partial charge in [0.25, 0.3) is 0 Å². The van der Waals surface area contributed by atoms with Crippen molar-refractivity contribution in [1.82, 2.24) is 9.80 Å². The van der Waals surface area contributed by atoms with Gasteiger partial charge >= 0.3 is 0 Å². The van der Waals surface area contributed by atoms with Gasteiger partial charge in [0, 0.05) is 49.4 Å². The summed E-state index contributed by atoms with van der Waals surface area (Å²) >= 11 is 0. The van der Waals surface area contributed by atoms with Crippen LogP contribution in [0, 0.1) is 5.41 Å². The monoisotopic (exact) mass is 476 g/mol. The lowest BCUT2D eigenvalue weighted by molar-refractivity contribution is -0.142. The van der Waals surface area contributed by atoms with Crippen LogP contribution in [0.25, 0.3) is 0 Å². The van der Waals surface area contributed by atoms with Gasteiger partial charge in [-0.25, -0.2) is 0 Å². The van der Waals surface area contributed by atoms with Gasteiger partial charge in [-0.1, -0.05) is 20.8 Å². The average molecular weight is 477 g/mol. The van der Waals surface area contributed by atoms with Crippen LogP contribution in [0.3, 0.4) is 0 Å². The summed E-state index contributed by atoms with van der Waals surface area (Å²) in [6.07, 6.45) is 0. The molecule has 0 bridgehead atoms. The van der Waals surface area contributed by atoms with Crippen LogP contribution in [0.4, 0.5) is 0 Å². The van der Waals surface area contributed by atoms with Crippen LogP contribution < -0.4 is 0 Å². The number of hydrogen-bond acceptors (Lipinski definition) is 3. The van der Waals surface area contributed by atoms with Crippen LogP contribution in [0.15, 0.2) is 0 Å². The molecule has 0 aromatic rings. The van der Waals surface area contributed by atoms with Gasteiger partial charge in [0.15, 0.2) is 0 Å². The van der Waals surface area contributed by atoms with Gasteiger partial charge in [0.1, 0.15) is 0 Å². The third kappa shape index (κ3) is 15.4. The van der Waals surface area contributed by atoms with E-state index in [2.05, 4.69) is 53.5 Å². The van der Waals surface area contributed by atoms with Crippen molar-refractivity contribution >= 4 is 16.7 Å². The van der Waals surface area contributed by atoms with Crippen molar-refractivity contribution in [2.24, 2.45) is 5.41 Å². The van der Waals surface area contributed by atoms with Crippen LogP contribution in [0.2, 0.25) is 0 Å². The maximum absolute atomic E-state index is 11.7. The van der Waals surface area contributed by atoms with E-state index in [0.29, 0.717) is 0 Å². The van der Waals surface area contributed by atoms with E-state index >= 15 is 0 Å². The normalized spacial score (nSPS) is 13.8. The van der Waals surface area contributed by atoms with Crippen molar-refractivity contribution in [3.05, 3.63) is 0 Å². The van der Waals surface area contributed by atoms with E-state index in [1.54, 1.807) is 4.90 Å². The Hall–Kier alpha value is -0.420. The highest BCUT2D eigenvalue weighted by atomic mass is 32.2. The lowest BCUT2D eigenvalue weighted by atomic mass is 9.92. The summed E-state index contributed by atoms with van der Waals surface area (Å²) in [6, 6.07) is 0. The Morgan fingerprint density at radius 2 is 0.781 bits per heavy atom. The molecule has 0 aromatic heterocycles. The summed E-state index contributed by atoms with van der Waals surface area (Å²) < 4.78 is 11.4. The molecule has 0 atom stereocenters. The second-order valence-corrected chi connectivity index (χ2v) is 17.7. The summed E-state index contributed by atoms with van der Waals surface area (Å²) in [5, 5.41) is 0. The second kappa shape index (κ2) is 11.8. The van der Waals surface area contributed by atoms with Crippen molar-refractivity contribution < 1.29 is 9.00 Å². The number of hydrogen-bond donors (Lipinski definition) is 0. The maximum Gasteiger partial charge on any atom is 0.228 e. The molecule has 4 nitrogen and oxygen atoms in total. The van der Waals surface area contributed by atoms with Crippen LogP contribution in [-0.2, 0) is 15.6 Å². The SMILES string of the molecule is CC(C)(C)S(=O)C(C)(C)C.CN(C(=O)C(C)(C)C)C(C)(C)C.CN(C(C)(C)C)C(C)(C)C. The minimum absolute atomic E-state index is 0.0790. The predicted octanol–water partition coefficient (Wildman–Crippen LogP) is 7.14. The fourth-order valence-electron chi connectivity index (χ4n) is 2.73. The molecule has 0 heterocycles.